The first-order valence-electron chi connectivity index (χ1n) is 4.69. The molecule has 0 bridgehead atoms. The van der Waals surface area contributed by atoms with Crippen molar-refractivity contribution in [1.29, 1.82) is 5.26 Å². The first-order chi connectivity index (χ1) is 6.61. The summed E-state index contributed by atoms with van der Waals surface area (Å²) in [4.78, 5) is 0. The second kappa shape index (κ2) is 4.15. The maximum atomic E-state index is 8.97. The van der Waals surface area contributed by atoms with E-state index in [1.807, 2.05) is 19.1 Å². The van der Waals surface area contributed by atoms with Gasteiger partial charge in [0.1, 0.15) is 5.75 Å². The van der Waals surface area contributed by atoms with Gasteiger partial charge in [0.25, 0.3) is 0 Å². The third kappa shape index (κ3) is 1.72. The number of ether oxygens (including phenoxy) is 1. The lowest BCUT2D eigenvalue weighted by Crippen LogP contribution is -2.00. The van der Waals surface area contributed by atoms with Crippen LogP contribution in [0.15, 0.2) is 12.1 Å². The Bertz CT molecular complexity index is 375. The predicted octanol–water partition coefficient (Wildman–Crippen LogP) is 3.00. The zero-order valence-corrected chi connectivity index (χ0v) is 9.09. The second-order valence-electron chi connectivity index (χ2n) is 3.64. The molecule has 0 atom stereocenters. The molecule has 1 aromatic rings. The highest BCUT2D eigenvalue weighted by Gasteiger charge is 2.14. The molecule has 0 aromatic heterocycles. The standard InChI is InChI=1S/C12H15NO/c1-8(2)11-10(7-13)6-5-9(3)12(11)14-4/h5-6,8H,1-4H3. The summed E-state index contributed by atoms with van der Waals surface area (Å²) in [6, 6.07) is 5.97. The van der Waals surface area contributed by atoms with Gasteiger partial charge < -0.3 is 4.74 Å². The van der Waals surface area contributed by atoms with Gasteiger partial charge >= 0.3 is 0 Å². The summed E-state index contributed by atoms with van der Waals surface area (Å²) < 4.78 is 5.33. The summed E-state index contributed by atoms with van der Waals surface area (Å²) in [5.41, 5.74) is 2.80. The lowest BCUT2D eigenvalue weighted by atomic mass is 9.94. The number of nitriles is 1. The van der Waals surface area contributed by atoms with Gasteiger partial charge in [0.15, 0.2) is 0 Å². The van der Waals surface area contributed by atoms with Crippen LogP contribution in [-0.4, -0.2) is 7.11 Å². The number of hydrogen-bond donors (Lipinski definition) is 0. The van der Waals surface area contributed by atoms with Crippen molar-refractivity contribution in [2.24, 2.45) is 0 Å². The minimum atomic E-state index is 0.305. The van der Waals surface area contributed by atoms with Gasteiger partial charge in [-0.3, -0.25) is 0 Å². The maximum Gasteiger partial charge on any atom is 0.126 e. The van der Waals surface area contributed by atoms with Crippen molar-refractivity contribution in [3.05, 3.63) is 28.8 Å². The Morgan fingerprint density at radius 2 is 2.00 bits per heavy atom. The molecule has 0 heterocycles. The summed E-state index contributed by atoms with van der Waals surface area (Å²) >= 11 is 0. The van der Waals surface area contributed by atoms with Crippen molar-refractivity contribution in [3.8, 4) is 11.8 Å². The van der Waals surface area contributed by atoms with Crippen LogP contribution in [0.2, 0.25) is 0 Å². The SMILES string of the molecule is COc1c(C)ccc(C#N)c1C(C)C. The minimum absolute atomic E-state index is 0.305. The lowest BCUT2D eigenvalue weighted by Gasteiger charge is -2.15. The van der Waals surface area contributed by atoms with Crippen molar-refractivity contribution < 1.29 is 4.74 Å². The molecule has 0 spiro atoms. The van der Waals surface area contributed by atoms with Crippen LogP contribution in [0.25, 0.3) is 0 Å². The van der Waals surface area contributed by atoms with Crippen LogP contribution in [-0.2, 0) is 0 Å². The maximum absolute atomic E-state index is 8.97. The number of nitrogens with zero attached hydrogens (tertiary/aromatic N) is 1. The molecule has 1 rings (SSSR count). The van der Waals surface area contributed by atoms with E-state index < -0.39 is 0 Å². The van der Waals surface area contributed by atoms with Crippen LogP contribution in [0.3, 0.4) is 0 Å². The fourth-order valence-corrected chi connectivity index (χ4v) is 1.65. The number of hydrogen-bond acceptors (Lipinski definition) is 2. The number of aryl methyl sites for hydroxylation is 1. The summed E-state index contributed by atoms with van der Waals surface area (Å²) in [5, 5.41) is 8.97. The Labute approximate surface area is 85.1 Å². The van der Waals surface area contributed by atoms with E-state index >= 15 is 0 Å². The Morgan fingerprint density at radius 1 is 1.36 bits per heavy atom. The Balaban J connectivity index is 3.46. The van der Waals surface area contributed by atoms with Crippen molar-refractivity contribution in [1.82, 2.24) is 0 Å². The van der Waals surface area contributed by atoms with E-state index in [-0.39, 0.29) is 0 Å². The fraction of sp³-hybridized carbons (Fsp3) is 0.417. The van der Waals surface area contributed by atoms with E-state index in [2.05, 4.69) is 19.9 Å². The van der Waals surface area contributed by atoms with Crippen molar-refractivity contribution in [2.75, 3.05) is 7.11 Å². The molecule has 0 saturated heterocycles. The molecular weight excluding hydrogens is 174 g/mol. The molecule has 0 aliphatic rings. The monoisotopic (exact) mass is 189 g/mol. The Kier molecular flexibility index (Phi) is 3.14. The van der Waals surface area contributed by atoms with Crippen LogP contribution in [0.1, 0.15) is 36.5 Å². The van der Waals surface area contributed by atoms with Gasteiger partial charge in [0.2, 0.25) is 0 Å². The van der Waals surface area contributed by atoms with E-state index in [4.69, 9.17) is 10.00 Å². The predicted molar refractivity (Wildman–Crippen MR) is 56.5 cm³/mol. The van der Waals surface area contributed by atoms with Gasteiger partial charge in [-0.25, -0.2) is 0 Å². The molecule has 0 fully saturated rings. The molecular formula is C12H15NO. The average molecular weight is 189 g/mol. The topological polar surface area (TPSA) is 33.0 Å². The lowest BCUT2D eigenvalue weighted by molar-refractivity contribution is 0.404. The molecule has 1 aromatic carbocycles. The fourth-order valence-electron chi connectivity index (χ4n) is 1.65. The van der Waals surface area contributed by atoms with Gasteiger partial charge in [0.05, 0.1) is 18.7 Å². The van der Waals surface area contributed by atoms with Gasteiger partial charge in [-0.15, -0.1) is 0 Å². The molecule has 0 unspecified atom stereocenters. The van der Waals surface area contributed by atoms with Crippen molar-refractivity contribution in [2.45, 2.75) is 26.7 Å². The van der Waals surface area contributed by atoms with E-state index in [9.17, 15) is 0 Å². The highest BCUT2D eigenvalue weighted by molar-refractivity contribution is 5.52. The van der Waals surface area contributed by atoms with Crippen molar-refractivity contribution in [3.63, 3.8) is 0 Å². The quantitative estimate of drug-likeness (QED) is 0.716. The third-order valence-electron chi connectivity index (χ3n) is 2.29. The molecule has 74 valence electrons. The summed E-state index contributed by atoms with van der Waals surface area (Å²) in [5.74, 6) is 1.15. The van der Waals surface area contributed by atoms with E-state index in [1.54, 1.807) is 7.11 Å². The molecule has 2 nitrogen and oxygen atoms in total. The smallest absolute Gasteiger partial charge is 0.126 e. The highest BCUT2D eigenvalue weighted by Crippen LogP contribution is 2.32. The van der Waals surface area contributed by atoms with Crippen LogP contribution in [0, 0.1) is 18.3 Å². The molecule has 14 heavy (non-hydrogen) atoms. The minimum Gasteiger partial charge on any atom is -0.496 e. The summed E-state index contributed by atoms with van der Waals surface area (Å²) in [6.07, 6.45) is 0. The third-order valence-corrected chi connectivity index (χ3v) is 2.29. The zero-order valence-electron chi connectivity index (χ0n) is 9.09. The van der Waals surface area contributed by atoms with E-state index in [1.165, 1.54) is 0 Å². The Morgan fingerprint density at radius 3 is 2.43 bits per heavy atom. The summed E-state index contributed by atoms with van der Waals surface area (Å²) in [7, 11) is 1.65. The average Bonchev–Trinajstić information content (AvgIpc) is 2.17. The molecule has 0 radical (unpaired) electrons. The first-order valence-corrected chi connectivity index (χ1v) is 4.69. The molecule has 0 amide bonds. The largest absolute Gasteiger partial charge is 0.496 e. The van der Waals surface area contributed by atoms with Gasteiger partial charge in [-0.05, 0) is 24.5 Å². The van der Waals surface area contributed by atoms with Gasteiger partial charge in [-0.2, -0.15) is 5.26 Å². The molecule has 0 aliphatic heterocycles. The Hall–Kier alpha value is -1.49. The molecule has 0 N–H and O–H groups in total. The molecule has 0 aliphatic carbocycles. The van der Waals surface area contributed by atoms with Crippen LogP contribution >= 0.6 is 0 Å². The number of methoxy groups -OCH3 is 1. The van der Waals surface area contributed by atoms with Crippen LogP contribution < -0.4 is 4.74 Å². The first kappa shape index (κ1) is 10.6. The van der Waals surface area contributed by atoms with Crippen LogP contribution in [0.4, 0.5) is 0 Å². The second-order valence-corrected chi connectivity index (χ2v) is 3.64. The molecule has 2 heteroatoms. The van der Waals surface area contributed by atoms with Gasteiger partial charge in [0, 0.05) is 5.56 Å². The summed E-state index contributed by atoms with van der Waals surface area (Å²) in [6.45, 7) is 6.13. The van der Waals surface area contributed by atoms with Crippen LogP contribution in [0.5, 0.6) is 5.75 Å². The van der Waals surface area contributed by atoms with E-state index in [0.29, 0.717) is 11.5 Å². The van der Waals surface area contributed by atoms with Crippen molar-refractivity contribution >= 4 is 0 Å². The van der Waals surface area contributed by atoms with Gasteiger partial charge in [-0.1, -0.05) is 19.9 Å². The molecule has 0 saturated carbocycles. The highest BCUT2D eigenvalue weighted by atomic mass is 16.5. The number of rotatable bonds is 2. The normalized spacial score (nSPS) is 10.0. The number of benzene rings is 1. The van der Waals surface area contributed by atoms with E-state index in [0.717, 1.165) is 16.9 Å². The zero-order chi connectivity index (χ0) is 10.7.